The number of benzene rings is 2. The molecule has 192 valence electrons. The van der Waals surface area contributed by atoms with Crippen LogP contribution in [0.5, 0.6) is 0 Å². The minimum absolute atomic E-state index is 0.0740. The average Bonchev–Trinajstić information content (AvgIpc) is 3.04. The SMILES string of the molecule is CN1C(=O)c2ccccc2N(C)c2nc(Nc3ccc(N4CCC(N5CCOCC5)CC4)cc3)ncc21. The summed E-state index contributed by atoms with van der Waals surface area (Å²) < 4.78 is 5.51. The van der Waals surface area contributed by atoms with Crippen molar-refractivity contribution < 1.29 is 9.53 Å². The van der Waals surface area contributed by atoms with Gasteiger partial charge in [-0.15, -0.1) is 0 Å². The third-order valence-electron chi connectivity index (χ3n) is 7.74. The van der Waals surface area contributed by atoms with Crippen LogP contribution in [-0.2, 0) is 4.74 Å². The molecular formula is C28H33N7O2. The zero-order valence-corrected chi connectivity index (χ0v) is 21.4. The van der Waals surface area contributed by atoms with Gasteiger partial charge < -0.3 is 24.8 Å². The summed E-state index contributed by atoms with van der Waals surface area (Å²) in [5, 5.41) is 3.34. The van der Waals surface area contributed by atoms with Crippen LogP contribution >= 0.6 is 0 Å². The first-order chi connectivity index (χ1) is 18.1. The number of aromatic nitrogens is 2. The van der Waals surface area contributed by atoms with Crippen molar-refractivity contribution in [3.63, 3.8) is 0 Å². The largest absolute Gasteiger partial charge is 0.379 e. The molecule has 2 aromatic carbocycles. The van der Waals surface area contributed by atoms with Gasteiger partial charge in [-0.3, -0.25) is 9.69 Å². The summed E-state index contributed by atoms with van der Waals surface area (Å²) in [5.74, 6) is 1.10. The fraction of sp³-hybridized carbons (Fsp3) is 0.393. The van der Waals surface area contributed by atoms with Crippen LogP contribution in [0.3, 0.4) is 0 Å². The van der Waals surface area contributed by atoms with Crippen molar-refractivity contribution in [1.29, 1.82) is 0 Å². The first-order valence-corrected chi connectivity index (χ1v) is 13.0. The molecule has 0 spiro atoms. The number of amides is 1. The molecule has 0 atom stereocenters. The zero-order chi connectivity index (χ0) is 25.4. The van der Waals surface area contributed by atoms with Gasteiger partial charge in [0.15, 0.2) is 5.82 Å². The van der Waals surface area contributed by atoms with Crippen LogP contribution in [0.2, 0.25) is 0 Å². The Labute approximate surface area is 217 Å². The molecule has 3 aromatic rings. The number of carbonyl (C=O) groups is 1. The van der Waals surface area contributed by atoms with Crippen molar-refractivity contribution in [2.24, 2.45) is 0 Å². The smallest absolute Gasteiger partial charge is 0.260 e. The highest BCUT2D eigenvalue weighted by atomic mass is 16.5. The van der Waals surface area contributed by atoms with Crippen molar-refractivity contribution >= 4 is 40.4 Å². The lowest BCUT2D eigenvalue weighted by atomic mass is 10.0. The van der Waals surface area contributed by atoms with Gasteiger partial charge in [0.1, 0.15) is 5.69 Å². The number of fused-ring (bicyclic) bond motifs is 2. The van der Waals surface area contributed by atoms with E-state index < -0.39 is 0 Å². The van der Waals surface area contributed by atoms with Crippen LogP contribution in [0.4, 0.5) is 34.5 Å². The number of para-hydroxylation sites is 1. The number of nitrogens with one attached hydrogen (secondary N) is 1. The molecule has 4 heterocycles. The van der Waals surface area contributed by atoms with Crippen LogP contribution in [0.25, 0.3) is 0 Å². The van der Waals surface area contributed by atoms with Crippen LogP contribution in [-0.4, -0.2) is 80.3 Å². The molecule has 1 amide bonds. The van der Waals surface area contributed by atoms with Gasteiger partial charge in [0.2, 0.25) is 5.95 Å². The molecule has 3 aliphatic rings. The van der Waals surface area contributed by atoms with Crippen molar-refractivity contribution in [2.75, 3.05) is 73.5 Å². The Morgan fingerprint density at radius 1 is 0.892 bits per heavy atom. The van der Waals surface area contributed by atoms with Crippen molar-refractivity contribution in [2.45, 2.75) is 18.9 Å². The van der Waals surface area contributed by atoms with Gasteiger partial charge in [0, 0.05) is 57.7 Å². The lowest BCUT2D eigenvalue weighted by Crippen LogP contribution is -2.49. The van der Waals surface area contributed by atoms with E-state index in [1.54, 1.807) is 18.1 Å². The van der Waals surface area contributed by atoms with Gasteiger partial charge in [-0.1, -0.05) is 12.1 Å². The van der Waals surface area contributed by atoms with Gasteiger partial charge in [-0.25, -0.2) is 4.98 Å². The lowest BCUT2D eigenvalue weighted by molar-refractivity contribution is 0.0115. The molecule has 0 saturated carbocycles. The van der Waals surface area contributed by atoms with Gasteiger partial charge >= 0.3 is 0 Å². The first-order valence-electron chi connectivity index (χ1n) is 13.0. The van der Waals surface area contributed by atoms with E-state index in [-0.39, 0.29) is 5.91 Å². The maximum atomic E-state index is 13.0. The Kier molecular flexibility index (Phi) is 6.40. The summed E-state index contributed by atoms with van der Waals surface area (Å²) in [5.41, 5.74) is 4.30. The maximum Gasteiger partial charge on any atom is 0.260 e. The molecule has 2 saturated heterocycles. The molecule has 0 aliphatic carbocycles. The number of piperidine rings is 1. The van der Waals surface area contributed by atoms with Crippen molar-refractivity contribution in [1.82, 2.24) is 14.9 Å². The molecule has 3 aliphatic heterocycles. The molecule has 9 nitrogen and oxygen atoms in total. The molecule has 9 heteroatoms. The second kappa shape index (κ2) is 9.99. The third kappa shape index (κ3) is 4.60. The molecule has 2 fully saturated rings. The van der Waals surface area contributed by atoms with E-state index >= 15 is 0 Å². The Balaban J connectivity index is 1.14. The number of rotatable bonds is 4. The highest BCUT2D eigenvalue weighted by molar-refractivity contribution is 6.13. The predicted molar refractivity (Wildman–Crippen MR) is 147 cm³/mol. The minimum Gasteiger partial charge on any atom is -0.379 e. The summed E-state index contributed by atoms with van der Waals surface area (Å²) in [6.07, 6.45) is 4.09. The van der Waals surface area contributed by atoms with Gasteiger partial charge in [0.05, 0.1) is 30.7 Å². The molecule has 6 rings (SSSR count). The number of anilines is 6. The Bertz CT molecular complexity index is 1270. The van der Waals surface area contributed by atoms with Gasteiger partial charge in [-0.05, 0) is 49.2 Å². The summed E-state index contributed by atoms with van der Waals surface area (Å²) in [4.78, 5) is 30.9. The number of ether oxygens (including phenoxy) is 1. The Morgan fingerprint density at radius 2 is 1.62 bits per heavy atom. The van der Waals surface area contributed by atoms with Crippen molar-refractivity contribution in [3.05, 3.63) is 60.3 Å². The molecule has 0 radical (unpaired) electrons. The summed E-state index contributed by atoms with van der Waals surface area (Å²) in [7, 11) is 3.69. The van der Waals surface area contributed by atoms with E-state index in [4.69, 9.17) is 9.72 Å². The molecular weight excluding hydrogens is 466 g/mol. The summed E-state index contributed by atoms with van der Waals surface area (Å²) in [6.45, 7) is 5.99. The van der Waals surface area contributed by atoms with E-state index in [1.165, 1.54) is 18.5 Å². The molecule has 0 bridgehead atoms. The topological polar surface area (TPSA) is 77.1 Å². The second-order valence-corrected chi connectivity index (χ2v) is 9.88. The third-order valence-corrected chi connectivity index (χ3v) is 7.74. The normalized spacial score (nSPS) is 18.9. The number of morpholine rings is 1. The first kappa shape index (κ1) is 23.7. The number of hydrogen-bond donors (Lipinski definition) is 1. The van der Waals surface area contributed by atoms with Gasteiger partial charge in [-0.2, -0.15) is 4.98 Å². The predicted octanol–water partition coefficient (Wildman–Crippen LogP) is 3.88. The second-order valence-electron chi connectivity index (χ2n) is 9.88. The number of nitrogens with zero attached hydrogens (tertiary/aromatic N) is 6. The Morgan fingerprint density at radius 3 is 2.38 bits per heavy atom. The van der Waals surface area contributed by atoms with E-state index in [9.17, 15) is 4.79 Å². The summed E-state index contributed by atoms with van der Waals surface area (Å²) in [6, 6.07) is 16.7. The quantitative estimate of drug-likeness (QED) is 0.580. The van der Waals surface area contributed by atoms with Crippen LogP contribution in [0, 0.1) is 0 Å². The lowest BCUT2D eigenvalue weighted by Gasteiger charge is -2.40. The monoisotopic (exact) mass is 499 g/mol. The van der Waals surface area contributed by atoms with Crippen molar-refractivity contribution in [3.8, 4) is 0 Å². The number of hydrogen-bond acceptors (Lipinski definition) is 8. The maximum absolute atomic E-state index is 13.0. The molecule has 1 N–H and O–H groups in total. The van der Waals surface area contributed by atoms with E-state index in [2.05, 4.69) is 44.4 Å². The highest BCUT2D eigenvalue weighted by Gasteiger charge is 2.29. The zero-order valence-electron chi connectivity index (χ0n) is 21.4. The average molecular weight is 500 g/mol. The molecule has 37 heavy (non-hydrogen) atoms. The van der Waals surface area contributed by atoms with E-state index in [0.717, 1.165) is 50.8 Å². The molecule has 1 aromatic heterocycles. The van der Waals surface area contributed by atoms with E-state index in [0.29, 0.717) is 29.1 Å². The van der Waals surface area contributed by atoms with Crippen LogP contribution in [0.15, 0.2) is 54.7 Å². The minimum atomic E-state index is -0.0740. The summed E-state index contributed by atoms with van der Waals surface area (Å²) >= 11 is 0. The van der Waals surface area contributed by atoms with Gasteiger partial charge in [0.25, 0.3) is 5.91 Å². The molecule has 0 unspecified atom stereocenters. The van der Waals surface area contributed by atoms with E-state index in [1.807, 2.05) is 36.2 Å². The standard InChI is InChI=1S/C28H33N7O2/c1-32-24-6-4-3-5-23(24)27(36)33(2)25-19-29-28(31-26(25)32)30-20-7-9-21(10-8-20)34-13-11-22(12-14-34)35-15-17-37-18-16-35/h3-10,19,22H,11-18H2,1-2H3,(H,29,30,31). The fourth-order valence-corrected chi connectivity index (χ4v) is 5.58. The highest BCUT2D eigenvalue weighted by Crippen LogP contribution is 2.38. The Hall–Kier alpha value is -3.69. The fourth-order valence-electron chi connectivity index (χ4n) is 5.58. The van der Waals surface area contributed by atoms with Crippen LogP contribution in [0.1, 0.15) is 23.2 Å². The number of carbonyl (C=O) groups excluding carboxylic acids is 1. The van der Waals surface area contributed by atoms with Crippen LogP contribution < -0.4 is 20.0 Å².